The summed E-state index contributed by atoms with van der Waals surface area (Å²) in [5.74, 6) is 0. The van der Waals surface area contributed by atoms with Gasteiger partial charge in [-0.15, -0.1) is 0 Å². The van der Waals surface area contributed by atoms with E-state index in [4.69, 9.17) is 14.6 Å². The highest BCUT2D eigenvalue weighted by Crippen LogP contribution is 2.22. The van der Waals surface area contributed by atoms with Crippen LogP contribution in [0.1, 0.15) is 26.7 Å². The summed E-state index contributed by atoms with van der Waals surface area (Å²) in [6, 6.07) is 0. The smallest absolute Gasteiger partial charge is 0.0700 e. The van der Waals surface area contributed by atoms with Crippen LogP contribution in [0.25, 0.3) is 0 Å². The molecule has 80 valence electrons. The first-order chi connectivity index (χ1) is 6.12. The first-order valence-electron chi connectivity index (χ1n) is 4.80. The van der Waals surface area contributed by atoms with Gasteiger partial charge in [0, 0.05) is 13.7 Å². The molecule has 0 aliphatic rings. The van der Waals surface area contributed by atoms with Crippen LogP contribution in [0.5, 0.6) is 0 Å². The van der Waals surface area contributed by atoms with E-state index < -0.39 is 0 Å². The van der Waals surface area contributed by atoms with Gasteiger partial charge in [0.05, 0.1) is 19.8 Å². The molecule has 0 radical (unpaired) electrons. The number of aliphatic hydroxyl groups is 1. The van der Waals surface area contributed by atoms with Gasteiger partial charge in [0.15, 0.2) is 0 Å². The molecule has 0 rings (SSSR count). The lowest BCUT2D eigenvalue weighted by Crippen LogP contribution is -2.21. The maximum Gasteiger partial charge on any atom is 0.0700 e. The molecule has 0 unspecified atom stereocenters. The van der Waals surface area contributed by atoms with E-state index in [1.807, 2.05) is 0 Å². The van der Waals surface area contributed by atoms with E-state index in [1.54, 1.807) is 7.11 Å². The summed E-state index contributed by atoms with van der Waals surface area (Å²) >= 11 is 0. The van der Waals surface area contributed by atoms with Crippen molar-refractivity contribution in [3.05, 3.63) is 0 Å². The Kier molecular flexibility index (Phi) is 7.23. The number of hydrogen-bond acceptors (Lipinski definition) is 3. The molecule has 0 atom stereocenters. The van der Waals surface area contributed by atoms with Crippen LogP contribution >= 0.6 is 0 Å². The molecule has 0 aliphatic carbocycles. The van der Waals surface area contributed by atoms with Crippen molar-refractivity contribution < 1.29 is 14.6 Å². The third-order valence-corrected chi connectivity index (χ3v) is 1.94. The van der Waals surface area contributed by atoms with Crippen LogP contribution in [0.3, 0.4) is 0 Å². The average molecular weight is 190 g/mol. The number of rotatable bonds is 8. The van der Waals surface area contributed by atoms with E-state index in [0.717, 1.165) is 19.4 Å². The highest BCUT2D eigenvalue weighted by atomic mass is 16.5. The second kappa shape index (κ2) is 7.30. The topological polar surface area (TPSA) is 38.7 Å². The molecule has 0 aromatic carbocycles. The third kappa shape index (κ3) is 8.22. The second-order valence-electron chi connectivity index (χ2n) is 4.04. The maximum atomic E-state index is 8.68. The SMILES string of the molecule is COCCOCC(C)(C)CCCO. The Labute approximate surface area is 81.0 Å². The molecule has 3 heteroatoms. The largest absolute Gasteiger partial charge is 0.396 e. The Hall–Kier alpha value is -0.120. The van der Waals surface area contributed by atoms with Gasteiger partial charge in [0.25, 0.3) is 0 Å². The summed E-state index contributed by atoms with van der Waals surface area (Å²) in [6.45, 7) is 6.60. The van der Waals surface area contributed by atoms with Crippen LogP contribution in [-0.2, 0) is 9.47 Å². The van der Waals surface area contributed by atoms with Gasteiger partial charge in [-0.25, -0.2) is 0 Å². The van der Waals surface area contributed by atoms with E-state index in [0.29, 0.717) is 13.2 Å². The molecule has 1 N–H and O–H groups in total. The Balaban J connectivity index is 3.39. The summed E-state index contributed by atoms with van der Waals surface area (Å²) in [6.07, 6.45) is 1.84. The van der Waals surface area contributed by atoms with Crippen molar-refractivity contribution in [1.29, 1.82) is 0 Å². The van der Waals surface area contributed by atoms with Gasteiger partial charge < -0.3 is 14.6 Å². The zero-order chi connectivity index (χ0) is 10.2. The average Bonchev–Trinajstić information content (AvgIpc) is 2.09. The van der Waals surface area contributed by atoms with E-state index in [-0.39, 0.29) is 12.0 Å². The molecule has 0 saturated heterocycles. The number of hydrogen-bond donors (Lipinski definition) is 1. The van der Waals surface area contributed by atoms with Crippen molar-refractivity contribution in [2.24, 2.45) is 5.41 Å². The van der Waals surface area contributed by atoms with Crippen LogP contribution in [0.2, 0.25) is 0 Å². The summed E-state index contributed by atoms with van der Waals surface area (Å²) < 4.78 is 10.3. The molecular weight excluding hydrogens is 168 g/mol. The van der Waals surface area contributed by atoms with Crippen LogP contribution in [-0.4, -0.2) is 38.6 Å². The quantitative estimate of drug-likeness (QED) is 0.589. The molecule has 0 aliphatic heterocycles. The van der Waals surface area contributed by atoms with Crippen molar-refractivity contribution >= 4 is 0 Å². The van der Waals surface area contributed by atoms with Gasteiger partial charge in [0.1, 0.15) is 0 Å². The predicted octanol–water partition coefficient (Wildman–Crippen LogP) is 1.45. The van der Waals surface area contributed by atoms with Crippen molar-refractivity contribution in [3.8, 4) is 0 Å². The van der Waals surface area contributed by atoms with Crippen LogP contribution in [0.15, 0.2) is 0 Å². The summed E-state index contributed by atoms with van der Waals surface area (Å²) in [5, 5.41) is 8.68. The molecule has 0 bridgehead atoms. The van der Waals surface area contributed by atoms with Crippen molar-refractivity contribution in [1.82, 2.24) is 0 Å². The minimum absolute atomic E-state index is 0.163. The summed E-state index contributed by atoms with van der Waals surface area (Å²) in [7, 11) is 1.67. The normalized spacial score (nSPS) is 12.0. The Morgan fingerprint density at radius 2 is 1.92 bits per heavy atom. The molecular formula is C10H22O3. The van der Waals surface area contributed by atoms with Crippen LogP contribution in [0.4, 0.5) is 0 Å². The predicted molar refractivity (Wildman–Crippen MR) is 52.8 cm³/mol. The lowest BCUT2D eigenvalue weighted by molar-refractivity contribution is 0.0229. The zero-order valence-electron chi connectivity index (χ0n) is 9.01. The molecule has 0 fully saturated rings. The fourth-order valence-electron chi connectivity index (χ4n) is 1.12. The fraction of sp³-hybridized carbons (Fsp3) is 1.00. The lowest BCUT2D eigenvalue weighted by Gasteiger charge is -2.23. The minimum atomic E-state index is 0.163. The van der Waals surface area contributed by atoms with Gasteiger partial charge in [-0.05, 0) is 18.3 Å². The van der Waals surface area contributed by atoms with Gasteiger partial charge in [0.2, 0.25) is 0 Å². The van der Waals surface area contributed by atoms with Crippen molar-refractivity contribution in [3.63, 3.8) is 0 Å². The Morgan fingerprint density at radius 3 is 2.46 bits per heavy atom. The fourth-order valence-corrected chi connectivity index (χ4v) is 1.12. The summed E-state index contributed by atoms with van der Waals surface area (Å²) in [5.41, 5.74) is 0.163. The molecule has 0 spiro atoms. The zero-order valence-corrected chi connectivity index (χ0v) is 9.01. The van der Waals surface area contributed by atoms with Crippen molar-refractivity contribution in [2.75, 3.05) is 33.5 Å². The van der Waals surface area contributed by atoms with Crippen LogP contribution < -0.4 is 0 Å². The van der Waals surface area contributed by atoms with Gasteiger partial charge in [-0.3, -0.25) is 0 Å². The molecule has 3 nitrogen and oxygen atoms in total. The van der Waals surface area contributed by atoms with Crippen molar-refractivity contribution in [2.45, 2.75) is 26.7 Å². The first kappa shape index (κ1) is 12.9. The number of methoxy groups -OCH3 is 1. The maximum absolute atomic E-state index is 8.68. The van der Waals surface area contributed by atoms with Gasteiger partial charge in [-0.1, -0.05) is 13.8 Å². The third-order valence-electron chi connectivity index (χ3n) is 1.94. The lowest BCUT2D eigenvalue weighted by atomic mass is 9.89. The van der Waals surface area contributed by atoms with E-state index >= 15 is 0 Å². The number of ether oxygens (including phenoxy) is 2. The molecule has 0 saturated carbocycles. The Morgan fingerprint density at radius 1 is 1.23 bits per heavy atom. The van der Waals surface area contributed by atoms with E-state index in [9.17, 15) is 0 Å². The highest BCUT2D eigenvalue weighted by molar-refractivity contribution is 4.67. The molecule has 0 heterocycles. The van der Waals surface area contributed by atoms with E-state index in [2.05, 4.69) is 13.8 Å². The first-order valence-corrected chi connectivity index (χ1v) is 4.80. The minimum Gasteiger partial charge on any atom is -0.396 e. The van der Waals surface area contributed by atoms with E-state index in [1.165, 1.54) is 0 Å². The Bertz CT molecular complexity index is 113. The molecule has 13 heavy (non-hydrogen) atoms. The molecule has 0 aromatic rings. The molecule has 0 aromatic heterocycles. The standard InChI is InChI=1S/C10H22O3/c1-10(2,5-4-6-11)9-13-8-7-12-3/h11H,4-9H2,1-3H3. The summed E-state index contributed by atoms with van der Waals surface area (Å²) in [4.78, 5) is 0. The van der Waals surface area contributed by atoms with Gasteiger partial charge >= 0.3 is 0 Å². The highest BCUT2D eigenvalue weighted by Gasteiger charge is 2.16. The van der Waals surface area contributed by atoms with Gasteiger partial charge in [-0.2, -0.15) is 0 Å². The molecule has 0 amide bonds. The number of aliphatic hydroxyl groups excluding tert-OH is 1. The van der Waals surface area contributed by atoms with Crippen LogP contribution in [0, 0.1) is 5.41 Å². The monoisotopic (exact) mass is 190 g/mol. The second-order valence-corrected chi connectivity index (χ2v) is 4.04.